The quantitative estimate of drug-likeness (QED) is 0.354. The van der Waals surface area contributed by atoms with Gasteiger partial charge in [0.2, 0.25) is 5.91 Å². The van der Waals surface area contributed by atoms with Gasteiger partial charge in [0.05, 0.1) is 35.3 Å². The number of nitrogens with zero attached hydrogens (tertiary/aromatic N) is 2. The third kappa shape index (κ3) is 7.08. The molecule has 2 N–H and O–H groups in total. The molecule has 1 aliphatic heterocycles. The van der Waals surface area contributed by atoms with Crippen molar-refractivity contribution in [2.45, 2.75) is 51.1 Å². The monoisotopic (exact) mass is 567 g/mol. The van der Waals surface area contributed by atoms with Crippen molar-refractivity contribution in [1.29, 1.82) is 0 Å². The molecule has 0 aromatic heterocycles. The second-order valence-corrected chi connectivity index (χ2v) is 12.6. The van der Waals surface area contributed by atoms with E-state index < -0.39 is 7.60 Å². The molecule has 37 heavy (non-hydrogen) atoms. The Kier molecular flexibility index (Phi) is 9.60. The summed E-state index contributed by atoms with van der Waals surface area (Å²) in [5.74, 6) is 0.0248. The largest absolute Gasteiger partial charge is 0.384 e. The Balaban J connectivity index is 1.57. The van der Waals surface area contributed by atoms with Crippen LogP contribution in [0, 0.1) is 0 Å². The van der Waals surface area contributed by atoms with Gasteiger partial charge in [0, 0.05) is 25.3 Å². The highest BCUT2D eigenvalue weighted by Gasteiger charge is 2.38. The Morgan fingerprint density at radius 3 is 2.65 bits per heavy atom. The Morgan fingerprint density at radius 2 is 1.95 bits per heavy atom. The molecule has 1 aliphatic carbocycles. The lowest BCUT2D eigenvalue weighted by atomic mass is 9.82. The van der Waals surface area contributed by atoms with Gasteiger partial charge in [-0.3, -0.25) is 14.3 Å². The zero-order chi connectivity index (χ0) is 26.6. The van der Waals surface area contributed by atoms with E-state index in [2.05, 4.69) is 22.3 Å². The van der Waals surface area contributed by atoms with E-state index in [1.165, 1.54) is 18.4 Å². The molecule has 10 heteroatoms. The van der Waals surface area contributed by atoms with Crippen molar-refractivity contribution in [3.63, 3.8) is 0 Å². The lowest BCUT2D eigenvalue weighted by molar-refractivity contribution is -0.133. The average Bonchev–Trinajstić information content (AvgIpc) is 3.40. The van der Waals surface area contributed by atoms with Crippen LogP contribution in [0.25, 0.3) is 0 Å². The molecule has 0 spiro atoms. The van der Waals surface area contributed by atoms with Crippen LogP contribution in [0.4, 0.5) is 5.69 Å². The predicted octanol–water partition coefficient (Wildman–Crippen LogP) is 5.78. The summed E-state index contributed by atoms with van der Waals surface area (Å²) in [4.78, 5) is 27.9. The number of likely N-dealkylation sites (tertiary alicyclic amines) is 1. The first-order chi connectivity index (χ1) is 17.7. The van der Waals surface area contributed by atoms with E-state index in [1.807, 2.05) is 24.1 Å². The van der Waals surface area contributed by atoms with Crippen molar-refractivity contribution >= 4 is 42.4 Å². The molecule has 1 fully saturated rings. The standard InChI is InChI=1S/C27H36Cl2N3O4P/c1-3-36-37(34,35)15-12-30-21-9-7-20-8-11-25(32-13-4-5-14-32)27(22(20)18-21)31(2)26(33)17-19-6-10-23(28)24(29)16-19/h6-7,9-10,16,18,25,27,30H,3-5,8,11-15,17H2,1-2H3,(H,34,35)/t25-,27-/m0/s1. The van der Waals surface area contributed by atoms with E-state index in [4.69, 9.17) is 27.7 Å². The smallest absolute Gasteiger partial charge is 0.329 e. The molecule has 2 aliphatic rings. The normalized spacial score (nSPS) is 21.3. The predicted molar refractivity (Wildman–Crippen MR) is 150 cm³/mol. The molecule has 0 bridgehead atoms. The second kappa shape index (κ2) is 12.5. The Hall–Kier alpha value is -1.60. The average molecular weight is 568 g/mol. The Bertz CT molecular complexity index is 1160. The van der Waals surface area contributed by atoms with Gasteiger partial charge in [0.15, 0.2) is 0 Å². The number of likely N-dealkylation sites (N-methyl/N-ethyl adjacent to an activating group) is 1. The minimum atomic E-state index is -3.60. The summed E-state index contributed by atoms with van der Waals surface area (Å²) in [6.45, 7) is 4.32. The SMILES string of the molecule is CCOP(=O)(O)CCNc1ccc2c(c1)[C@H](N(C)C(=O)Cc1ccc(Cl)c(Cl)c1)[C@@H](N1CCCC1)CC2. The van der Waals surface area contributed by atoms with E-state index in [1.54, 1.807) is 19.1 Å². The summed E-state index contributed by atoms with van der Waals surface area (Å²) in [5.41, 5.74) is 4.07. The first kappa shape index (κ1) is 28.4. The number of rotatable bonds is 10. The molecule has 1 amide bonds. The number of carbonyl (C=O) groups excluding carboxylic acids is 1. The van der Waals surface area contributed by atoms with Crippen molar-refractivity contribution in [3.05, 3.63) is 63.1 Å². The highest BCUT2D eigenvalue weighted by molar-refractivity contribution is 7.52. The van der Waals surface area contributed by atoms with Gasteiger partial charge in [0.25, 0.3) is 0 Å². The molecule has 0 saturated carbocycles. The van der Waals surface area contributed by atoms with E-state index in [0.717, 1.165) is 42.7 Å². The zero-order valence-corrected chi connectivity index (χ0v) is 23.9. The van der Waals surface area contributed by atoms with Crippen LogP contribution in [0.15, 0.2) is 36.4 Å². The van der Waals surface area contributed by atoms with E-state index in [0.29, 0.717) is 16.6 Å². The van der Waals surface area contributed by atoms with Gasteiger partial charge in [-0.2, -0.15) is 0 Å². The van der Waals surface area contributed by atoms with Crippen molar-refractivity contribution < 1.29 is 18.8 Å². The minimum absolute atomic E-state index is 0.0248. The number of benzene rings is 2. The Morgan fingerprint density at radius 1 is 1.19 bits per heavy atom. The van der Waals surface area contributed by atoms with Gasteiger partial charge in [0.1, 0.15) is 0 Å². The van der Waals surface area contributed by atoms with Crippen LogP contribution in [0.3, 0.4) is 0 Å². The maximum absolute atomic E-state index is 13.6. The molecule has 2 aromatic carbocycles. The maximum atomic E-state index is 13.6. The summed E-state index contributed by atoms with van der Waals surface area (Å²) in [6.07, 6.45) is 4.58. The summed E-state index contributed by atoms with van der Waals surface area (Å²) >= 11 is 12.3. The first-order valence-corrected chi connectivity index (χ1v) is 15.5. The van der Waals surface area contributed by atoms with Gasteiger partial charge in [-0.05, 0) is 86.7 Å². The topological polar surface area (TPSA) is 82.1 Å². The lowest BCUT2D eigenvalue weighted by Crippen LogP contribution is -2.48. The van der Waals surface area contributed by atoms with Crippen molar-refractivity contribution in [2.75, 3.05) is 44.8 Å². The molecule has 1 heterocycles. The van der Waals surface area contributed by atoms with E-state index in [9.17, 15) is 14.3 Å². The van der Waals surface area contributed by atoms with Gasteiger partial charge in [-0.15, -0.1) is 0 Å². The van der Waals surface area contributed by atoms with Crippen molar-refractivity contribution in [3.8, 4) is 0 Å². The number of halogens is 2. The number of hydrogen-bond donors (Lipinski definition) is 2. The van der Waals surface area contributed by atoms with Crippen LogP contribution < -0.4 is 5.32 Å². The molecule has 0 radical (unpaired) electrons. The molecule has 3 atom stereocenters. The maximum Gasteiger partial charge on any atom is 0.329 e. The summed E-state index contributed by atoms with van der Waals surface area (Å²) in [5, 5.41) is 4.19. The molecule has 4 rings (SSSR count). The van der Waals surface area contributed by atoms with Crippen molar-refractivity contribution in [2.24, 2.45) is 0 Å². The van der Waals surface area contributed by atoms with Crippen LogP contribution in [0.5, 0.6) is 0 Å². The Labute approximate surface area is 229 Å². The van der Waals surface area contributed by atoms with Gasteiger partial charge >= 0.3 is 7.60 Å². The van der Waals surface area contributed by atoms with Crippen LogP contribution in [-0.4, -0.2) is 66.1 Å². The summed E-state index contributed by atoms with van der Waals surface area (Å²) in [6, 6.07) is 11.7. The first-order valence-electron chi connectivity index (χ1n) is 12.9. The molecular weight excluding hydrogens is 532 g/mol. The zero-order valence-electron chi connectivity index (χ0n) is 21.5. The van der Waals surface area contributed by atoms with Crippen LogP contribution in [0.2, 0.25) is 10.0 Å². The molecular formula is C27H36Cl2N3O4P. The fourth-order valence-electron chi connectivity index (χ4n) is 5.51. The molecule has 2 aromatic rings. The molecule has 7 nitrogen and oxygen atoms in total. The third-order valence-corrected chi connectivity index (χ3v) is 9.54. The summed E-state index contributed by atoms with van der Waals surface area (Å²) < 4.78 is 17.0. The van der Waals surface area contributed by atoms with Gasteiger partial charge in [-0.1, -0.05) is 35.3 Å². The third-order valence-electron chi connectivity index (χ3n) is 7.35. The van der Waals surface area contributed by atoms with Crippen LogP contribution in [-0.2, 0) is 26.7 Å². The number of carbonyl (C=O) groups is 1. The molecule has 1 saturated heterocycles. The van der Waals surface area contributed by atoms with Crippen molar-refractivity contribution in [1.82, 2.24) is 9.80 Å². The summed E-state index contributed by atoms with van der Waals surface area (Å²) in [7, 11) is -1.70. The highest BCUT2D eigenvalue weighted by Crippen LogP contribution is 2.42. The van der Waals surface area contributed by atoms with Crippen LogP contribution >= 0.6 is 30.8 Å². The highest BCUT2D eigenvalue weighted by atomic mass is 35.5. The van der Waals surface area contributed by atoms with Gasteiger partial charge < -0.3 is 19.6 Å². The number of hydrogen-bond acceptors (Lipinski definition) is 5. The minimum Gasteiger partial charge on any atom is -0.384 e. The fraction of sp³-hybridized carbons (Fsp3) is 0.519. The number of nitrogens with one attached hydrogen (secondary N) is 1. The van der Waals surface area contributed by atoms with Gasteiger partial charge in [-0.25, -0.2) is 0 Å². The number of aryl methyl sites for hydroxylation is 1. The number of fused-ring (bicyclic) bond motifs is 1. The van der Waals surface area contributed by atoms with Crippen LogP contribution in [0.1, 0.15) is 48.9 Å². The molecule has 1 unspecified atom stereocenters. The van der Waals surface area contributed by atoms with E-state index >= 15 is 0 Å². The number of anilines is 1. The fourth-order valence-corrected chi connectivity index (χ4v) is 6.76. The lowest BCUT2D eigenvalue weighted by Gasteiger charge is -2.43. The van der Waals surface area contributed by atoms with E-state index in [-0.39, 0.29) is 37.2 Å². The second-order valence-electron chi connectivity index (χ2n) is 9.84. The molecule has 202 valence electrons. The number of amides is 1.